The van der Waals surface area contributed by atoms with E-state index in [0.29, 0.717) is 36.9 Å². The number of likely N-dealkylation sites (tertiary alicyclic amines) is 1. The lowest BCUT2D eigenvalue weighted by Gasteiger charge is -2.32. The molecule has 2 fully saturated rings. The molecule has 0 bridgehead atoms. The van der Waals surface area contributed by atoms with Crippen molar-refractivity contribution in [2.75, 3.05) is 26.2 Å². The van der Waals surface area contributed by atoms with Gasteiger partial charge in [0, 0.05) is 6.54 Å². The fourth-order valence-corrected chi connectivity index (χ4v) is 5.72. The van der Waals surface area contributed by atoms with Crippen molar-refractivity contribution in [2.45, 2.75) is 43.6 Å². The summed E-state index contributed by atoms with van der Waals surface area (Å²) in [6.45, 7) is 2.78. The molecule has 5 rings (SSSR count). The molecule has 8 heteroatoms. The fraction of sp³-hybridized carbons (Fsp3) is 0.423. The van der Waals surface area contributed by atoms with Gasteiger partial charge in [-0.3, -0.25) is 9.69 Å². The lowest BCUT2D eigenvalue weighted by molar-refractivity contribution is -0.131. The van der Waals surface area contributed by atoms with Crippen LogP contribution in [-0.4, -0.2) is 47.9 Å². The second-order valence-corrected chi connectivity index (χ2v) is 9.41. The highest BCUT2D eigenvalue weighted by Gasteiger charge is 2.55. The predicted molar refractivity (Wildman–Crippen MR) is 121 cm³/mol. The monoisotopic (exact) mass is 464 g/mol. The van der Waals surface area contributed by atoms with Crippen molar-refractivity contribution in [3.8, 4) is 6.07 Å². The van der Waals surface area contributed by atoms with Gasteiger partial charge in [0.25, 0.3) is 5.91 Å². The molecule has 3 amide bonds. The number of carbonyl (C=O) groups is 2. The average Bonchev–Trinajstić information content (AvgIpc) is 3.31. The standard InChI is InChI=1S/C26H26F2N4O2/c27-20-2-4-22(19(15-20)16-29)17-7-12-31(13-8-17)10-1-11-32-24(33)26(30-25(32)34)9-6-18-14-21(28)3-5-23(18)26/h2-5,14-15,17H,1,6-13H2,(H,30,34). The second-order valence-electron chi connectivity index (χ2n) is 9.41. The molecule has 0 aromatic heterocycles. The third-order valence-corrected chi connectivity index (χ3v) is 7.49. The Morgan fingerprint density at radius 1 is 1.06 bits per heavy atom. The van der Waals surface area contributed by atoms with Gasteiger partial charge in [-0.25, -0.2) is 13.6 Å². The predicted octanol–water partition coefficient (Wildman–Crippen LogP) is 3.80. The van der Waals surface area contributed by atoms with E-state index in [4.69, 9.17) is 0 Å². The number of benzene rings is 2. The Kier molecular flexibility index (Phi) is 5.82. The normalized spacial score (nSPS) is 22.8. The van der Waals surface area contributed by atoms with Crippen molar-refractivity contribution in [2.24, 2.45) is 0 Å². The first-order chi connectivity index (χ1) is 16.4. The highest BCUT2D eigenvalue weighted by Crippen LogP contribution is 2.41. The Morgan fingerprint density at radius 3 is 2.56 bits per heavy atom. The van der Waals surface area contributed by atoms with Gasteiger partial charge in [0.1, 0.15) is 17.2 Å². The van der Waals surface area contributed by atoms with Gasteiger partial charge in [0.15, 0.2) is 0 Å². The lowest BCUT2D eigenvalue weighted by atomic mass is 9.86. The van der Waals surface area contributed by atoms with E-state index in [1.54, 1.807) is 12.1 Å². The first kappa shape index (κ1) is 22.5. The molecule has 0 saturated carbocycles. The first-order valence-electron chi connectivity index (χ1n) is 11.8. The average molecular weight is 465 g/mol. The van der Waals surface area contributed by atoms with Crippen molar-refractivity contribution in [3.05, 3.63) is 70.3 Å². The number of nitriles is 1. The largest absolute Gasteiger partial charge is 0.325 e. The summed E-state index contributed by atoms with van der Waals surface area (Å²) in [7, 11) is 0. The lowest BCUT2D eigenvalue weighted by Crippen LogP contribution is -2.42. The van der Waals surface area contributed by atoms with Crippen LogP contribution in [0.3, 0.4) is 0 Å². The number of rotatable bonds is 5. The molecule has 2 aromatic rings. The van der Waals surface area contributed by atoms with Crippen LogP contribution in [0.1, 0.15) is 53.9 Å². The molecule has 1 spiro atoms. The molecule has 2 heterocycles. The molecule has 176 valence electrons. The summed E-state index contributed by atoms with van der Waals surface area (Å²) in [6.07, 6.45) is 3.42. The molecule has 1 aliphatic carbocycles. The summed E-state index contributed by atoms with van der Waals surface area (Å²) < 4.78 is 27.0. The van der Waals surface area contributed by atoms with Gasteiger partial charge >= 0.3 is 6.03 Å². The highest BCUT2D eigenvalue weighted by molar-refractivity contribution is 6.08. The molecule has 34 heavy (non-hydrogen) atoms. The van der Waals surface area contributed by atoms with Crippen molar-refractivity contribution >= 4 is 11.9 Å². The Balaban J connectivity index is 1.15. The smallest absolute Gasteiger partial charge is 0.319 e. The molecule has 3 aliphatic rings. The van der Waals surface area contributed by atoms with E-state index in [2.05, 4.69) is 16.3 Å². The zero-order valence-corrected chi connectivity index (χ0v) is 18.8. The Labute approximate surface area is 197 Å². The third kappa shape index (κ3) is 3.84. The SMILES string of the molecule is N#Cc1cc(F)ccc1C1CCN(CCCN2C(=O)NC3(CCc4cc(F)ccc43)C2=O)CC1. The number of nitrogens with zero attached hydrogens (tertiary/aromatic N) is 3. The van der Waals surface area contributed by atoms with Gasteiger partial charge in [-0.15, -0.1) is 0 Å². The van der Waals surface area contributed by atoms with E-state index in [9.17, 15) is 23.6 Å². The van der Waals surface area contributed by atoms with E-state index >= 15 is 0 Å². The molecule has 2 aromatic carbocycles. The summed E-state index contributed by atoms with van der Waals surface area (Å²) in [4.78, 5) is 29.5. The minimum Gasteiger partial charge on any atom is -0.319 e. The number of nitrogens with one attached hydrogen (secondary N) is 1. The number of carbonyl (C=O) groups excluding carboxylic acids is 2. The third-order valence-electron chi connectivity index (χ3n) is 7.49. The van der Waals surface area contributed by atoms with E-state index in [1.165, 1.54) is 29.2 Å². The minimum atomic E-state index is -1.06. The van der Waals surface area contributed by atoms with Crippen LogP contribution in [0.4, 0.5) is 13.6 Å². The maximum atomic E-state index is 13.6. The van der Waals surface area contributed by atoms with Crippen LogP contribution in [0.15, 0.2) is 36.4 Å². The topological polar surface area (TPSA) is 76.4 Å². The number of hydrogen-bond donors (Lipinski definition) is 1. The molecule has 1 unspecified atom stereocenters. The molecule has 2 saturated heterocycles. The van der Waals surface area contributed by atoms with Gasteiger partial charge in [-0.05, 0) is 98.6 Å². The van der Waals surface area contributed by atoms with Crippen molar-refractivity contribution in [3.63, 3.8) is 0 Å². The van der Waals surface area contributed by atoms with Crippen LogP contribution >= 0.6 is 0 Å². The van der Waals surface area contributed by atoms with Gasteiger partial charge in [-0.2, -0.15) is 5.26 Å². The number of piperidine rings is 1. The number of amides is 3. The van der Waals surface area contributed by atoms with Crippen molar-refractivity contribution in [1.29, 1.82) is 5.26 Å². The minimum absolute atomic E-state index is 0.226. The van der Waals surface area contributed by atoms with E-state index in [0.717, 1.165) is 43.6 Å². The van der Waals surface area contributed by atoms with Gasteiger partial charge in [-0.1, -0.05) is 12.1 Å². The Morgan fingerprint density at radius 2 is 1.79 bits per heavy atom. The van der Waals surface area contributed by atoms with E-state index < -0.39 is 11.4 Å². The fourth-order valence-electron chi connectivity index (χ4n) is 5.72. The number of fused-ring (bicyclic) bond motifs is 2. The van der Waals surface area contributed by atoms with Crippen molar-refractivity contribution in [1.82, 2.24) is 15.1 Å². The molecule has 0 radical (unpaired) electrons. The summed E-state index contributed by atoms with van der Waals surface area (Å²) in [5.74, 6) is -0.754. The molecule has 6 nitrogen and oxygen atoms in total. The number of urea groups is 1. The van der Waals surface area contributed by atoms with Gasteiger partial charge in [0.05, 0.1) is 11.6 Å². The zero-order valence-electron chi connectivity index (χ0n) is 18.8. The maximum Gasteiger partial charge on any atom is 0.325 e. The quantitative estimate of drug-likeness (QED) is 0.683. The van der Waals surface area contributed by atoms with Gasteiger partial charge < -0.3 is 10.2 Å². The highest BCUT2D eigenvalue weighted by atomic mass is 19.1. The summed E-state index contributed by atoms with van der Waals surface area (Å²) in [6, 6.07) is 10.5. The Bertz CT molecular complexity index is 1190. The first-order valence-corrected chi connectivity index (χ1v) is 11.8. The van der Waals surface area contributed by atoms with Crippen LogP contribution < -0.4 is 5.32 Å². The van der Waals surface area contributed by atoms with E-state index in [1.807, 2.05) is 0 Å². The maximum absolute atomic E-state index is 13.6. The number of imide groups is 1. The van der Waals surface area contributed by atoms with Gasteiger partial charge in [0.2, 0.25) is 0 Å². The van der Waals surface area contributed by atoms with Crippen LogP contribution in [0, 0.1) is 23.0 Å². The van der Waals surface area contributed by atoms with E-state index in [-0.39, 0.29) is 23.7 Å². The molecule has 2 aliphatic heterocycles. The van der Waals surface area contributed by atoms with Crippen LogP contribution in [0.25, 0.3) is 0 Å². The second kappa shape index (κ2) is 8.80. The molecule has 1 N–H and O–H groups in total. The number of aryl methyl sites for hydroxylation is 1. The molecule has 1 atom stereocenters. The zero-order chi connectivity index (χ0) is 23.9. The molecular formula is C26H26F2N4O2. The number of halogens is 2. The summed E-state index contributed by atoms with van der Waals surface area (Å²) in [5.41, 5.74) is 1.73. The Hall–Kier alpha value is -3.31. The van der Waals surface area contributed by atoms with Crippen LogP contribution in [-0.2, 0) is 16.8 Å². The van der Waals surface area contributed by atoms with Crippen LogP contribution in [0.2, 0.25) is 0 Å². The number of hydrogen-bond acceptors (Lipinski definition) is 4. The van der Waals surface area contributed by atoms with Crippen LogP contribution in [0.5, 0.6) is 0 Å². The van der Waals surface area contributed by atoms with Crippen molar-refractivity contribution < 1.29 is 18.4 Å². The summed E-state index contributed by atoms with van der Waals surface area (Å²) in [5, 5.41) is 12.2. The summed E-state index contributed by atoms with van der Waals surface area (Å²) >= 11 is 0. The molecular weight excluding hydrogens is 438 g/mol.